The highest BCUT2D eigenvalue weighted by atomic mass is 32.3. The van der Waals surface area contributed by atoms with Gasteiger partial charge in [-0.25, -0.2) is 0 Å². The lowest BCUT2D eigenvalue weighted by atomic mass is 10.4. The molecule has 0 N–H and O–H groups in total. The fourth-order valence-corrected chi connectivity index (χ4v) is 2.76. The molecular weight excluding hydrogens is 213 g/mol. The molecule has 3 nitrogen and oxygen atoms in total. The molecule has 0 bridgehead atoms. The normalized spacial score (nSPS) is 14.3. The van der Waals surface area contributed by atoms with Gasteiger partial charge in [-0.1, -0.05) is 32.8 Å². The Morgan fingerprint density at radius 1 is 1.31 bits per heavy atom. The molecule has 0 aliphatic carbocycles. The van der Waals surface area contributed by atoms with Crippen LogP contribution in [0.4, 0.5) is 3.89 Å². The molecule has 0 aliphatic rings. The average Bonchev–Trinajstić information content (AvgIpc) is 2.03. The summed E-state index contributed by atoms with van der Waals surface area (Å²) in [5, 5.41) is 0. The Labute approximate surface area is 79.0 Å². The van der Waals surface area contributed by atoms with E-state index in [1.807, 2.05) is 0 Å². The fourth-order valence-electron chi connectivity index (χ4n) is 0.794. The van der Waals surface area contributed by atoms with Gasteiger partial charge < -0.3 is 0 Å². The fraction of sp³-hybridized carbons (Fsp3) is 0.143. The van der Waals surface area contributed by atoms with E-state index in [2.05, 4.69) is 3.77 Å². The van der Waals surface area contributed by atoms with E-state index in [0.717, 1.165) is 0 Å². The quantitative estimate of drug-likeness (QED) is 0.713. The van der Waals surface area contributed by atoms with E-state index in [0.29, 0.717) is 4.90 Å². The molecule has 0 saturated carbocycles. The van der Waals surface area contributed by atoms with Crippen LogP contribution in [0.2, 0.25) is 0 Å². The van der Waals surface area contributed by atoms with E-state index in [1.165, 1.54) is 0 Å². The van der Waals surface area contributed by atoms with Crippen LogP contribution in [-0.2, 0) is 21.1 Å². The van der Waals surface area contributed by atoms with Gasteiger partial charge in [0.2, 0.25) is 0 Å². The molecule has 72 valence electrons. The van der Waals surface area contributed by atoms with Crippen LogP contribution in [0.15, 0.2) is 39.0 Å². The minimum atomic E-state index is -4.73. The van der Waals surface area contributed by atoms with Crippen molar-refractivity contribution in [2.75, 3.05) is 6.26 Å². The summed E-state index contributed by atoms with van der Waals surface area (Å²) in [6.45, 7) is 0. The number of hydrogen-bond donors (Lipinski definition) is 0. The van der Waals surface area contributed by atoms with Crippen molar-refractivity contribution in [2.45, 2.75) is 4.90 Å². The summed E-state index contributed by atoms with van der Waals surface area (Å²) >= 11 is 0. The predicted octanol–water partition coefficient (Wildman–Crippen LogP) is 1.69. The molecule has 6 heteroatoms. The second-order valence-corrected chi connectivity index (χ2v) is 5.13. The second-order valence-electron chi connectivity index (χ2n) is 2.28. The Balaban J connectivity index is 3.06. The molecule has 0 amide bonds. The van der Waals surface area contributed by atoms with Gasteiger partial charge >= 0.3 is 10.4 Å². The molecule has 1 aromatic carbocycles. The van der Waals surface area contributed by atoms with E-state index < -0.39 is 21.1 Å². The molecule has 1 aromatic rings. The molecule has 13 heavy (non-hydrogen) atoms. The molecule has 1 rings (SSSR count). The van der Waals surface area contributed by atoms with Crippen LogP contribution in [0.5, 0.6) is 0 Å². The molecule has 0 aromatic heterocycles. The third kappa shape index (κ3) is 3.65. The molecular formula is C7H8FNO2S2. The van der Waals surface area contributed by atoms with Crippen LogP contribution in [0, 0.1) is 0 Å². The number of hydrogen-bond acceptors (Lipinski definition) is 2. The SMILES string of the molecule is CS(=NS(=O)(=O)F)c1ccccc1. The van der Waals surface area contributed by atoms with Crippen molar-refractivity contribution in [3.8, 4) is 0 Å². The second kappa shape index (κ2) is 3.97. The van der Waals surface area contributed by atoms with Crippen molar-refractivity contribution in [3.05, 3.63) is 30.3 Å². The topological polar surface area (TPSA) is 46.5 Å². The molecule has 1 atom stereocenters. The van der Waals surface area contributed by atoms with Crippen molar-refractivity contribution >= 4 is 21.1 Å². The minimum Gasteiger partial charge on any atom is -0.169 e. The Hall–Kier alpha value is -0.750. The molecule has 0 aliphatic heterocycles. The Bertz CT molecular complexity index is 413. The minimum absolute atomic E-state index is 0.698. The molecule has 0 saturated heterocycles. The van der Waals surface area contributed by atoms with Crippen LogP contribution in [0.1, 0.15) is 0 Å². The highest BCUT2D eigenvalue weighted by Crippen LogP contribution is 2.08. The number of rotatable bonds is 2. The summed E-state index contributed by atoms with van der Waals surface area (Å²) in [6.07, 6.45) is 1.55. The van der Waals surface area contributed by atoms with Crippen LogP contribution in [0.3, 0.4) is 0 Å². The molecule has 0 heterocycles. The van der Waals surface area contributed by atoms with Crippen LogP contribution >= 0.6 is 0 Å². The van der Waals surface area contributed by atoms with E-state index in [9.17, 15) is 12.3 Å². The molecule has 0 radical (unpaired) electrons. The summed E-state index contributed by atoms with van der Waals surface area (Å²) in [7, 11) is -5.67. The summed E-state index contributed by atoms with van der Waals surface area (Å²) in [5.41, 5.74) is 0. The third-order valence-electron chi connectivity index (χ3n) is 1.29. The van der Waals surface area contributed by atoms with Gasteiger partial charge in [0, 0.05) is 4.90 Å². The molecule has 0 fully saturated rings. The van der Waals surface area contributed by atoms with Gasteiger partial charge in [0.15, 0.2) is 0 Å². The van der Waals surface area contributed by atoms with E-state index in [-0.39, 0.29) is 0 Å². The van der Waals surface area contributed by atoms with E-state index in [4.69, 9.17) is 0 Å². The van der Waals surface area contributed by atoms with Gasteiger partial charge in [0.1, 0.15) is 0 Å². The van der Waals surface area contributed by atoms with E-state index in [1.54, 1.807) is 36.6 Å². The number of benzene rings is 1. The first-order chi connectivity index (χ1) is 5.99. The lowest BCUT2D eigenvalue weighted by Gasteiger charge is -1.98. The standard InChI is InChI=1S/C7H8FNO2S2/c1-12(9-13(8,10)11)7-5-3-2-4-6-7/h2-6H,1H3. The zero-order chi connectivity index (χ0) is 9.90. The number of halogens is 1. The largest absolute Gasteiger partial charge is 0.423 e. The van der Waals surface area contributed by atoms with Gasteiger partial charge in [0.05, 0.1) is 0 Å². The lowest BCUT2D eigenvalue weighted by molar-refractivity contribution is 0.555. The average molecular weight is 221 g/mol. The Morgan fingerprint density at radius 2 is 1.85 bits per heavy atom. The maximum atomic E-state index is 12.1. The lowest BCUT2D eigenvalue weighted by Crippen LogP contribution is -1.91. The van der Waals surface area contributed by atoms with Crippen molar-refractivity contribution in [1.82, 2.24) is 0 Å². The van der Waals surface area contributed by atoms with Crippen molar-refractivity contribution < 1.29 is 12.3 Å². The molecule has 0 spiro atoms. The van der Waals surface area contributed by atoms with Crippen molar-refractivity contribution in [3.63, 3.8) is 0 Å². The van der Waals surface area contributed by atoms with Crippen molar-refractivity contribution in [1.29, 1.82) is 0 Å². The maximum absolute atomic E-state index is 12.1. The Kier molecular flexibility index (Phi) is 3.16. The smallest absolute Gasteiger partial charge is 0.169 e. The zero-order valence-electron chi connectivity index (χ0n) is 6.84. The zero-order valence-corrected chi connectivity index (χ0v) is 8.48. The third-order valence-corrected chi connectivity index (χ3v) is 3.85. The summed E-state index contributed by atoms with van der Waals surface area (Å²) in [4.78, 5) is 0.698. The molecule has 1 unspecified atom stereocenters. The van der Waals surface area contributed by atoms with Gasteiger partial charge in [-0.3, -0.25) is 0 Å². The van der Waals surface area contributed by atoms with Gasteiger partial charge in [0.25, 0.3) is 0 Å². The summed E-state index contributed by atoms with van der Waals surface area (Å²) < 4.78 is 35.5. The summed E-state index contributed by atoms with van der Waals surface area (Å²) in [6, 6.07) is 8.71. The van der Waals surface area contributed by atoms with Crippen LogP contribution in [0.25, 0.3) is 0 Å². The Morgan fingerprint density at radius 3 is 2.31 bits per heavy atom. The van der Waals surface area contributed by atoms with Crippen molar-refractivity contribution in [2.24, 2.45) is 3.77 Å². The predicted molar refractivity (Wildman–Crippen MR) is 50.5 cm³/mol. The highest BCUT2D eigenvalue weighted by Gasteiger charge is 2.04. The highest BCUT2D eigenvalue weighted by molar-refractivity contribution is 7.97. The van der Waals surface area contributed by atoms with Gasteiger partial charge in [-0.15, -0.1) is 3.77 Å². The van der Waals surface area contributed by atoms with E-state index >= 15 is 0 Å². The summed E-state index contributed by atoms with van der Waals surface area (Å²) in [5.74, 6) is 0. The van der Waals surface area contributed by atoms with Gasteiger partial charge in [-0.2, -0.15) is 8.42 Å². The first kappa shape index (κ1) is 10.3. The maximum Gasteiger partial charge on any atom is 0.423 e. The van der Waals surface area contributed by atoms with Crippen LogP contribution in [-0.4, -0.2) is 14.7 Å². The first-order valence-electron chi connectivity index (χ1n) is 3.38. The number of nitrogens with zero attached hydrogens (tertiary/aromatic N) is 1. The monoisotopic (exact) mass is 221 g/mol. The van der Waals surface area contributed by atoms with Gasteiger partial charge in [-0.05, 0) is 18.4 Å². The first-order valence-corrected chi connectivity index (χ1v) is 6.31. The van der Waals surface area contributed by atoms with Crippen LogP contribution < -0.4 is 0 Å².